The number of hydrogen-bond acceptors (Lipinski definition) is 14. The zero-order chi connectivity index (χ0) is 53.3. The minimum Gasteiger partial charge on any atom is -0.478 e. The van der Waals surface area contributed by atoms with Gasteiger partial charge in [-0.2, -0.15) is 0 Å². The lowest BCUT2D eigenvalue weighted by Gasteiger charge is -2.34. The summed E-state index contributed by atoms with van der Waals surface area (Å²) in [6, 6.07) is 16.9. The Morgan fingerprint density at radius 3 is 0.986 bits per heavy atom. The van der Waals surface area contributed by atoms with Crippen LogP contribution in [0.4, 0.5) is 0 Å². The second kappa shape index (κ2) is 35.3. The second-order valence-corrected chi connectivity index (χ2v) is 16.0. The van der Waals surface area contributed by atoms with Crippen molar-refractivity contribution < 1.29 is 68.9 Å². The first-order valence-electron chi connectivity index (χ1n) is 23.9. The molecule has 4 aromatic rings. The summed E-state index contributed by atoms with van der Waals surface area (Å²) >= 11 is 0. The number of carboxylic acid groups (broad SMARTS) is 6. The molecule has 0 amide bonds. The predicted molar refractivity (Wildman–Crippen MR) is 270 cm³/mol. The molecule has 0 radical (unpaired) electrons. The van der Waals surface area contributed by atoms with Gasteiger partial charge >= 0.3 is 35.8 Å². The minimum absolute atomic E-state index is 0.558. The molecule has 4 heterocycles. The van der Waals surface area contributed by atoms with E-state index in [-0.39, 0.29) is 0 Å². The number of ether oxygens (including phenoxy) is 2. The Hall–Kier alpha value is -6.82. The normalized spacial score (nSPS) is 14.4. The van der Waals surface area contributed by atoms with Gasteiger partial charge in [0.05, 0.1) is 48.4 Å². The van der Waals surface area contributed by atoms with Crippen LogP contribution in [0.3, 0.4) is 0 Å². The number of nitrogens with zero attached hydrogens (tertiary/aromatic N) is 8. The molecular formula is C50H72N8O14. The van der Waals surface area contributed by atoms with Gasteiger partial charge in [0.2, 0.25) is 0 Å². The molecule has 2 aliphatic rings. The molecule has 2 aromatic heterocycles. The molecule has 2 fully saturated rings. The van der Waals surface area contributed by atoms with Crippen LogP contribution in [0.2, 0.25) is 0 Å². The Morgan fingerprint density at radius 1 is 0.444 bits per heavy atom. The van der Waals surface area contributed by atoms with Crippen molar-refractivity contribution in [3.63, 3.8) is 0 Å². The third-order valence-corrected chi connectivity index (χ3v) is 10.6. The summed E-state index contributed by atoms with van der Waals surface area (Å²) in [6.07, 6.45) is 5.83. The maximum absolute atomic E-state index is 9.55. The molecule has 0 unspecified atom stereocenters. The third-order valence-electron chi connectivity index (χ3n) is 10.6. The zero-order valence-corrected chi connectivity index (χ0v) is 41.8. The first kappa shape index (κ1) is 61.3. The fourth-order valence-corrected chi connectivity index (χ4v) is 7.39. The lowest BCUT2D eigenvalue weighted by Crippen LogP contribution is -2.46. The molecule has 2 aliphatic heterocycles. The topological polar surface area (TPSA) is 291 Å². The van der Waals surface area contributed by atoms with Gasteiger partial charge in [-0.15, -0.1) is 0 Å². The summed E-state index contributed by atoms with van der Waals surface area (Å²) in [4.78, 5) is 77.3. The smallest absolute Gasteiger partial charge is 0.328 e. The average Bonchev–Trinajstić information content (AvgIpc) is 3.88. The molecule has 6 N–H and O–H groups in total. The van der Waals surface area contributed by atoms with E-state index in [1.54, 1.807) is 0 Å². The Morgan fingerprint density at radius 2 is 0.722 bits per heavy atom. The molecular weight excluding hydrogens is 937 g/mol. The van der Waals surface area contributed by atoms with Crippen molar-refractivity contribution in [2.45, 2.75) is 66.7 Å². The highest BCUT2D eigenvalue weighted by Crippen LogP contribution is 2.20. The van der Waals surface area contributed by atoms with Crippen molar-refractivity contribution in [2.75, 3.05) is 91.9 Å². The van der Waals surface area contributed by atoms with Crippen LogP contribution in [0.15, 0.2) is 85.0 Å². The van der Waals surface area contributed by atoms with Gasteiger partial charge in [0, 0.05) is 115 Å². The molecule has 6 rings (SSSR count). The average molecular weight is 1010 g/mol. The van der Waals surface area contributed by atoms with Gasteiger partial charge in [0.1, 0.15) is 11.6 Å². The summed E-state index contributed by atoms with van der Waals surface area (Å²) in [6.45, 7) is 26.9. The van der Waals surface area contributed by atoms with Gasteiger partial charge in [-0.25, -0.2) is 38.7 Å². The number of carboxylic acids is 6. The van der Waals surface area contributed by atoms with Crippen molar-refractivity contribution in [1.29, 1.82) is 0 Å². The third kappa shape index (κ3) is 25.3. The van der Waals surface area contributed by atoms with E-state index < -0.39 is 35.8 Å². The van der Waals surface area contributed by atoms with E-state index in [1.807, 2.05) is 13.8 Å². The first-order valence-corrected chi connectivity index (χ1v) is 23.9. The number of benzene rings is 2. The molecule has 2 saturated heterocycles. The van der Waals surface area contributed by atoms with E-state index in [0.29, 0.717) is 36.5 Å². The maximum atomic E-state index is 9.55. The lowest BCUT2D eigenvalue weighted by atomic mass is 10.3. The molecule has 22 heteroatoms. The van der Waals surface area contributed by atoms with Gasteiger partial charge in [0.25, 0.3) is 0 Å². The summed E-state index contributed by atoms with van der Waals surface area (Å²) in [5.41, 5.74) is 4.62. The number of carbonyl (C=O) groups is 6. The van der Waals surface area contributed by atoms with Crippen molar-refractivity contribution >= 4 is 57.9 Å². The highest BCUT2D eigenvalue weighted by Gasteiger charge is 2.21. The van der Waals surface area contributed by atoms with Crippen LogP contribution in [0.1, 0.15) is 52.2 Å². The van der Waals surface area contributed by atoms with Crippen LogP contribution in [0.5, 0.6) is 0 Å². The Balaban J connectivity index is 0.000000343. The minimum atomic E-state index is -1.26. The highest BCUT2D eigenvalue weighted by atomic mass is 16.5. The largest absolute Gasteiger partial charge is 0.478 e. The number of hydrogen-bond donors (Lipinski definition) is 6. The van der Waals surface area contributed by atoms with E-state index in [2.05, 4.69) is 91.1 Å². The van der Waals surface area contributed by atoms with Crippen LogP contribution in [0.25, 0.3) is 22.1 Å². The molecule has 0 aliphatic carbocycles. The number of piperazine rings is 2. The monoisotopic (exact) mass is 1010 g/mol. The number of rotatable bonds is 22. The molecule has 0 bridgehead atoms. The van der Waals surface area contributed by atoms with Gasteiger partial charge in [0.15, 0.2) is 0 Å². The molecule has 396 valence electrons. The molecule has 22 nitrogen and oxygen atoms in total. The number of aromatic nitrogens is 4. The van der Waals surface area contributed by atoms with Crippen molar-refractivity contribution in [3.8, 4) is 0 Å². The molecule has 0 atom stereocenters. The summed E-state index contributed by atoms with van der Waals surface area (Å²) in [5, 5.41) is 46.9. The fraction of sp³-hybridized carbons (Fsp3) is 0.480. The van der Waals surface area contributed by atoms with Crippen LogP contribution < -0.4 is 0 Å². The number of imidazole rings is 2. The van der Waals surface area contributed by atoms with Crippen molar-refractivity contribution in [2.24, 2.45) is 0 Å². The molecule has 0 saturated carbocycles. The fourth-order valence-electron chi connectivity index (χ4n) is 7.39. The molecule has 0 spiro atoms. The van der Waals surface area contributed by atoms with E-state index >= 15 is 0 Å². The number of aliphatic carboxylic acids is 6. The summed E-state index contributed by atoms with van der Waals surface area (Å²) < 4.78 is 15.8. The Labute approximate surface area is 419 Å². The van der Waals surface area contributed by atoms with Gasteiger partial charge in [-0.05, 0) is 64.0 Å². The summed E-state index contributed by atoms with van der Waals surface area (Å²) in [7, 11) is 0. The van der Waals surface area contributed by atoms with E-state index in [9.17, 15) is 28.8 Å². The predicted octanol–water partition coefficient (Wildman–Crippen LogP) is 4.34. The lowest BCUT2D eigenvalue weighted by molar-refractivity contribution is -0.134. The van der Waals surface area contributed by atoms with Gasteiger partial charge in [-0.1, -0.05) is 38.1 Å². The van der Waals surface area contributed by atoms with Crippen LogP contribution >= 0.6 is 0 Å². The van der Waals surface area contributed by atoms with E-state index in [4.69, 9.17) is 50.1 Å². The quantitative estimate of drug-likeness (QED) is 0.0472. The SMILES string of the molecule is CCCN1CCN(Cc2nc3ccccc3n2CCOCC)CC1.CCCN1CCN(Cc2nc3ccccc3n2CCOCC)CC1.O=C(O)/C=C/C(=O)O.O=C(O)/C=C/C(=O)O.O=C(O)/C=C/C(=O)O. The van der Waals surface area contributed by atoms with Crippen LogP contribution in [-0.4, -0.2) is 197 Å². The highest BCUT2D eigenvalue weighted by molar-refractivity contribution is 5.90. The second-order valence-electron chi connectivity index (χ2n) is 16.0. The maximum Gasteiger partial charge on any atom is 0.328 e. The van der Waals surface area contributed by atoms with Gasteiger partial charge < -0.3 is 59.0 Å². The number of fused-ring (bicyclic) bond motifs is 2. The van der Waals surface area contributed by atoms with Crippen molar-refractivity contribution in [1.82, 2.24) is 38.7 Å². The Bertz CT molecular complexity index is 2120. The van der Waals surface area contributed by atoms with E-state index in [0.717, 1.165) is 89.8 Å². The van der Waals surface area contributed by atoms with Crippen LogP contribution in [-0.2, 0) is 64.4 Å². The summed E-state index contributed by atoms with van der Waals surface area (Å²) in [5.74, 6) is -5.21. The van der Waals surface area contributed by atoms with E-state index in [1.165, 1.54) is 74.8 Å². The molecule has 2 aromatic carbocycles. The standard InChI is InChI=1S/2C19H30N4O.3C4H4O4/c2*1-3-9-21-10-12-22(13-11-21)16-19-20-17-7-5-6-8-18(17)23(19)14-15-24-4-2;3*5-3(6)1-2-4(7)8/h2*5-8H,3-4,9-16H2,1-2H3;3*1-2H,(H,5,6)(H,7,8)/b;;3*2-1+. The van der Waals surface area contributed by atoms with Gasteiger partial charge in [-0.3, -0.25) is 9.80 Å². The zero-order valence-electron chi connectivity index (χ0n) is 41.8. The number of para-hydroxylation sites is 4. The Kier molecular flexibility index (Phi) is 30.1. The molecule has 72 heavy (non-hydrogen) atoms. The first-order chi connectivity index (χ1) is 34.5. The van der Waals surface area contributed by atoms with Crippen molar-refractivity contribution in [3.05, 3.63) is 96.6 Å². The van der Waals surface area contributed by atoms with Crippen LogP contribution in [0, 0.1) is 0 Å².